The highest BCUT2D eigenvalue weighted by atomic mass is 32.2. The number of sulfonamides is 1. The van der Waals surface area contributed by atoms with E-state index in [-0.39, 0.29) is 6.04 Å². The van der Waals surface area contributed by atoms with Crippen molar-refractivity contribution in [1.82, 2.24) is 14.1 Å². The van der Waals surface area contributed by atoms with Gasteiger partial charge >= 0.3 is 0 Å². The van der Waals surface area contributed by atoms with Crippen LogP contribution in [0.4, 0.5) is 0 Å². The Morgan fingerprint density at radius 1 is 1.56 bits per heavy atom. The van der Waals surface area contributed by atoms with Crippen molar-refractivity contribution in [2.75, 3.05) is 12.3 Å². The summed E-state index contributed by atoms with van der Waals surface area (Å²) in [6.45, 7) is 0.659. The highest BCUT2D eigenvalue weighted by Crippen LogP contribution is 2.40. The number of aromatic nitrogens is 2. The minimum Gasteiger partial charge on any atom is -0.274 e. The fraction of sp³-hybridized carbons (Fsp3) is 0.667. The zero-order valence-electron chi connectivity index (χ0n) is 8.91. The molecule has 2 atom stereocenters. The van der Waals surface area contributed by atoms with Gasteiger partial charge in [-0.1, -0.05) is 0 Å². The number of fused-ring (bicyclic) bond motifs is 2. The molecule has 0 unspecified atom stereocenters. The summed E-state index contributed by atoms with van der Waals surface area (Å²) >= 11 is 1.89. The molecule has 0 aliphatic carbocycles. The monoisotopic (exact) mass is 259 g/mol. The molecule has 2 fully saturated rings. The summed E-state index contributed by atoms with van der Waals surface area (Å²) in [5.74, 6) is 0.935. The zero-order chi connectivity index (χ0) is 11.3. The van der Waals surface area contributed by atoms with Crippen molar-refractivity contribution in [3.63, 3.8) is 0 Å². The smallest absolute Gasteiger partial charge is 0.246 e. The van der Waals surface area contributed by atoms with E-state index in [1.54, 1.807) is 17.5 Å². The molecule has 0 amide bonds. The maximum Gasteiger partial charge on any atom is 0.246 e. The molecule has 5 nitrogen and oxygen atoms in total. The van der Waals surface area contributed by atoms with Gasteiger partial charge in [-0.25, -0.2) is 8.42 Å². The summed E-state index contributed by atoms with van der Waals surface area (Å²) in [4.78, 5) is 0.313. The van der Waals surface area contributed by atoms with Crippen LogP contribution < -0.4 is 0 Å². The fourth-order valence-corrected chi connectivity index (χ4v) is 5.62. The lowest BCUT2D eigenvalue weighted by Gasteiger charge is -2.24. The molecule has 1 aromatic heterocycles. The SMILES string of the molecule is Cn1cc(S(=O)(=O)N2C[C@H]3C[C@H]2CS3)cn1. The van der Waals surface area contributed by atoms with Crippen LogP contribution in [0, 0.1) is 0 Å². The molecule has 1 aromatic rings. The van der Waals surface area contributed by atoms with Crippen LogP contribution >= 0.6 is 11.8 Å². The number of thioether (sulfide) groups is 1. The van der Waals surface area contributed by atoms with E-state index in [1.807, 2.05) is 11.8 Å². The number of rotatable bonds is 2. The molecule has 0 spiro atoms. The third kappa shape index (κ3) is 1.49. The molecule has 3 heterocycles. The second kappa shape index (κ2) is 3.48. The summed E-state index contributed by atoms with van der Waals surface area (Å²) in [6, 6.07) is 0.195. The lowest BCUT2D eigenvalue weighted by Crippen LogP contribution is -2.38. The maximum atomic E-state index is 12.3. The number of hydrogen-bond acceptors (Lipinski definition) is 4. The molecular weight excluding hydrogens is 246 g/mol. The van der Waals surface area contributed by atoms with E-state index in [9.17, 15) is 8.42 Å². The van der Waals surface area contributed by atoms with Gasteiger partial charge in [-0.3, -0.25) is 4.68 Å². The van der Waals surface area contributed by atoms with Gasteiger partial charge in [-0.05, 0) is 6.42 Å². The van der Waals surface area contributed by atoms with Crippen LogP contribution in [-0.2, 0) is 17.1 Å². The molecule has 0 aromatic carbocycles. The van der Waals surface area contributed by atoms with Gasteiger partial charge in [0.25, 0.3) is 0 Å². The van der Waals surface area contributed by atoms with Crippen molar-refractivity contribution < 1.29 is 8.42 Å². The predicted molar refractivity (Wildman–Crippen MR) is 61.8 cm³/mol. The molecule has 2 saturated heterocycles. The van der Waals surface area contributed by atoms with Crippen LogP contribution in [0.3, 0.4) is 0 Å². The van der Waals surface area contributed by atoms with Gasteiger partial charge in [0.05, 0.1) is 6.20 Å². The Morgan fingerprint density at radius 2 is 2.38 bits per heavy atom. The number of aryl methyl sites for hydroxylation is 1. The van der Waals surface area contributed by atoms with Gasteiger partial charge in [0.15, 0.2) is 0 Å². The van der Waals surface area contributed by atoms with Crippen molar-refractivity contribution in [2.45, 2.75) is 22.6 Å². The number of hydrogen-bond donors (Lipinski definition) is 0. The van der Waals surface area contributed by atoms with Crippen LogP contribution in [0.1, 0.15) is 6.42 Å². The molecule has 2 aliphatic rings. The normalized spacial score (nSPS) is 30.1. The van der Waals surface area contributed by atoms with Crippen LogP contribution in [0.25, 0.3) is 0 Å². The molecule has 3 rings (SSSR count). The minimum absolute atomic E-state index is 0.195. The van der Waals surface area contributed by atoms with Gasteiger partial charge < -0.3 is 0 Å². The van der Waals surface area contributed by atoms with Gasteiger partial charge in [0, 0.05) is 36.8 Å². The summed E-state index contributed by atoms with van der Waals surface area (Å²) in [7, 11) is -1.58. The Kier molecular flexibility index (Phi) is 2.31. The first-order chi connectivity index (χ1) is 7.57. The van der Waals surface area contributed by atoms with E-state index in [1.165, 1.54) is 10.9 Å². The Labute approximate surface area is 98.9 Å². The fourth-order valence-electron chi connectivity index (χ4n) is 2.33. The minimum atomic E-state index is -3.31. The summed E-state index contributed by atoms with van der Waals surface area (Å²) in [5, 5.41) is 4.42. The van der Waals surface area contributed by atoms with Crippen LogP contribution in [0.15, 0.2) is 17.3 Å². The first-order valence-corrected chi connectivity index (χ1v) is 7.68. The number of nitrogens with zero attached hydrogens (tertiary/aromatic N) is 3. The highest BCUT2D eigenvalue weighted by Gasteiger charge is 2.45. The van der Waals surface area contributed by atoms with E-state index in [0.29, 0.717) is 16.7 Å². The largest absolute Gasteiger partial charge is 0.274 e. The quantitative estimate of drug-likeness (QED) is 0.766. The molecule has 7 heteroatoms. The Bertz CT molecular complexity index is 511. The first kappa shape index (κ1) is 10.6. The maximum absolute atomic E-state index is 12.3. The van der Waals surface area contributed by atoms with E-state index in [4.69, 9.17) is 0 Å². The second-order valence-electron chi connectivity index (χ2n) is 4.27. The predicted octanol–water partition coefficient (Wildman–Crippen LogP) is 0.298. The Morgan fingerprint density at radius 3 is 2.88 bits per heavy atom. The molecule has 0 saturated carbocycles. The van der Waals surface area contributed by atoms with Gasteiger partial charge in [0.2, 0.25) is 10.0 Å². The van der Waals surface area contributed by atoms with E-state index in [0.717, 1.165) is 12.2 Å². The van der Waals surface area contributed by atoms with Crippen molar-refractivity contribution >= 4 is 21.8 Å². The average Bonchev–Trinajstić information content (AvgIpc) is 2.91. The molecule has 88 valence electrons. The molecular formula is C9H13N3O2S2. The van der Waals surface area contributed by atoms with Crippen molar-refractivity contribution in [3.05, 3.63) is 12.4 Å². The molecule has 2 bridgehead atoms. The van der Waals surface area contributed by atoms with E-state index in [2.05, 4.69) is 5.10 Å². The summed E-state index contributed by atoms with van der Waals surface area (Å²) in [5.41, 5.74) is 0. The average molecular weight is 259 g/mol. The highest BCUT2D eigenvalue weighted by molar-refractivity contribution is 8.00. The van der Waals surface area contributed by atoms with Crippen LogP contribution in [0.2, 0.25) is 0 Å². The topological polar surface area (TPSA) is 55.2 Å². The third-order valence-corrected chi connectivity index (χ3v) is 6.40. The third-order valence-electron chi connectivity index (χ3n) is 3.14. The van der Waals surface area contributed by atoms with Crippen molar-refractivity contribution in [2.24, 2.45) is 7.05 Å². The summed E-state index contributed by atoms with van der Waals surface area (Å²) in [6.07, 6.45) is 3.99. The summed E-state index contributed by atoms with van der Waals surface area (Å²) < 4.78 is 27.8. The van der Waals surface area contributed by atoms with Crippen molar-refractivity contribution in [3.8, 4) is 0 Å². The standard InChI is InChI=1S/C9H13N3O2S2/c1-11-5-9(3-10-11)16(13,14)12-4-8-2-7(12)6-15-8/h3,5,7-8H,2,4,6H2,1H3/t7-,8+/m0/s1. The lowest BCUT2D eigenvalue weighted by molar-refractivity contribution is 0.410. The van der Waals surface area contributed by atoms with Gasteiger partial charge in [-0.2, -0.15) is 21.2 Å². The van der Waals surface area contributed by atoms with Gasteiger partial charge in [-0.15, -0.1) is 0 Å². The molecule has 2 aliphatic heterocycles. The molecule has 16 heavy (non-hydrogen) atoms. The first-order valence-electron chi connectivity index (χ1n) is 5.19. The van der Waals surface area contributed by atoms with Gasteiger partial charge in [0.1, 0.15) is 4.90 Å². The van der Waals surface area contributed by atoms with Crippen LogP contribution in [-0.4, -0.2) is 46.1 Å². The Hall–Kier alpha value is -0.530. The second-order valence-corrected chi connectivity index (χ2v) is 7.49. The van der Waals surface area contributed by atoms with E-state index < -0.39 is 10.0 Å². The Balaban J connectivity index is 1.94. The lowest BCUT2D eigenvalue weighted by atomic mass is 10.3. The van der Waals surface area contributed by atoms with E-state index >= 15 is 0 Å². The molecule has 0 radical (unpaired) electrons. The zero-order valence-corrected chi connectivity index (χ0v) is 10.5. The molecule has 0 N–H and O–H groups in total. The van der Waals surface area contributed by atoms with Crippen molar-refractivity contribution in [1.29, 1.82) is 0 Å². The van der Waals surface area contributed by atoms with Crippen LogP contribution in [0.5, 0.6) is 0 Å².